The molecule has 1 atom stereocenters. The van der Waals surface area contributed by atoms with Crippen molar-refractivity contribution in [3.8, 4) is 0 Å². The smallest absolute Gasteiger partial charge is 0.305 e. The highest BCUT2D eigenvalue weighted by Crippen LogP contribution is 2.21. The van der Waals surface area contributed by atoms with E-state index in [9.17, 15) is 4.79 Å². The van der Waals surface area contributed by atoms with Gasteiger partial charge in [-0.3, -0.25) is 4.79 Å². The highest BCUT2D eigenvalue weighted by molar-refractivity contribution is 7.11. The fourth-order valence-electron chi connectivity index (χ4n) is 1.65. The molecule has 2 aromatic heterocycles. The van der Waals surface area contributed by atoms with Crippen molar-refractivity contribution in [2.45, 2.75) is 25.9 Å². The molecule has 2 heterocycles. The standard InChI is InChI=1S/C12H14N2O2S2/c1-8-5-14-11(18-8)6-13-10(4-12(15)16)9-2-3-17-7-9/h2-3,5,7,10,13H,4,6H2,1H3,(H,15,16). The molecule has 0 radical (unpaired) electrons. The molecule has 0 spiro atoms. The van der Waals surface area contributed by atoms with Gasteiger partial charge in [-0.25, -0.2) is 4.98 Å². The zero-order chi connectivity index (χ0) is 13.0. The van der Waals surface area contributed by atoms with E-state index < -0.39 is 5.97 Å². The molecule has 0 aliphatic rings. The second-order valence-electron chi connectivity index (χ2n) is 3.95. The normalized spacial score (nSPS) is 12.5. The molecule has 4 nitrogen and oxygen atoms in total. The third-order valence-corrected chi connectivity index (χ3v) is 4.11. The summed E-state index contributed by atoms with van der Waals surface area (Å²) in [5, 5.41) is 17.1. The maximum atomic E-state index is 10.9. The predicted molar refractivity (Wildman–Crippen MR) is 73.0 cm³/mol. The van der Waals surface area contributed by atoms with Crippen LogP contribution in [0.5, 0.6) is 0 Å². The maximum Gasteiger partial charge on any atom is 0.305 e. The van der Waals surface area contributed by atoms with Crippen LogP contribution in [0.4, 0.5) is 0 Å². The molecule has 2 aromatic rings. The van der Waals surface area contributed by atoms with Crippen molar-refractivity contribution in [3.63, 3.8) is 0 Å². The summed E-state index contributed by atoms with van der Waals surface area (Å²) in [4.78, 5) is 16.3. The zero-order valence-electron chi connectivity index (χ0n) is 9.92. The molecule has 2 N–H and O–H groups in total. The van der Waals surface area contributed by atoms with Gasteiger partial charge in [-0.05, 0) is 29.3 Å². The molecule has 6 heteroatoms. The minimum absolute atomic E-state index is 0.0844. The quantitative estimate of drug-likeness (QED) is 0.855. The molecule has 0 amide bonds. The van der Waals surface area contributed by atoms with Gasteiger partial charge < -0.3 is 10.4 Å². The second-order valence-corrected chi connectivity index (χ2v) is 6.05. The van der Waals surface area contributed by atoms with Gasteiger partial charge in [0.05, 0.1) is 6.42 Å². The number of carboxylic acids is 1. The van der Waals surface area contributed by atoms with Gasteiger partial charge in [-0.1, -0.05) is 0 Å². The van der Waals surface area contributed by atoms with Crippen molar-refractivity contribution in [2.24, 2.45) is 0 Å². The van der Waals surface area contributed by atoms with Crippen LogP contribution in [0.15, 0.2) is 23.0 Å². The van der Waals surface area contributed by atoms with Crippen LogP contribution in [0.3, 0.4) is 0 Å². The first-order chi connectivity index (χ1) is 8.65. The fourth-order valence-corrected chi connectivity index (χ4v) is 3.10. The van der Waals surface area contributed by atoms with E-state index in [2.05, 4.69) is 10.3 Å². The van der Waals surface area contributed by atoms with Crippen molar-refractivity contribution in [2.75, 3.05) is 0 Å². The highest BCUT2D eigenvalue weighted by Gasteiger charge is 2.15. The van der Waals surface area contributed by atoms with Crippen LogP contribution in [-0.2, 0) is 11.3 Å². The van der Waals surface area contributed by atoms with Crippen molar-refractivity contribution in [1.29, 1.82) is 0 Å². The van der Waals surface area contributed by atoms with Crippen LogP contribution in [-0.4, -0.2) is 16.1 Å². The van der Waals surface area contributed by atoms with Gasteiger partial charge in [-0.2, -0.15) is 11.3 Å². The number of thiophene rings is 1. The van der Waals surface area contributed by atoms with Gasteiger partial charge in [0.1, 0.15) is 5.01 Å². The van der Waals surface area contributed by atoms with E-state index in [1.807, 2.05) is 29.9 Å². The Hall–Kier alpha value is -1.24. The average molecular weight is 282 g/mol. The molecule has 18 heavy (non-hydrogen) atoms. The number of hydrogen-bond donors (Lipinski definition) is 2. The van der Waals surface area contributed by atoms with E-state index in [1.54, 1.807) is 22.7 Å². The first-order valence-electron chi connectivity index (χ1n) is 5.53. The molecular weight excluding hydrogens is 268 g/mol. The summed E-state index contributed by atoms with van der Waals surface area (Å²) in [5.41, 5.74) is 1.02. The summed E-state index contributed by atoms with van der Waals surface area (Å²) in [6.07, 6.45) is 1.92. The molecule has 0 bridgehead atoms. The highest BCUT2D eigenvalue weighted by atomic mass is 32.1. The molecule has 0 aliphatic carbocycles. The maximum absolute atomic E-state index is 10.9. The lowest BCUT2D eigenvalue weighted by Crippen LogP contribution is -2.23. The van der Waals surface area contributed by atoms with E-state index in [0.717, 1.165) is 15.4 Å². The van der Waals surface area contributed by atoms with E-state index >= 15 is 0 Å². The lowest BCUT2D eigenvalue weighted by atomic mass is 10.1. The van der Waals surface area contributed by atoms with Crippen LogP contribution >= 0.6 is 22.7 Å². The minimum Gasteiger partial charge on any atom is -0.481 e. The van der Waals surface area contributed by atoms with E-state index in [0.29, 0.717) is 6.54 Å². The SMILES string of the molecule is Cc1cnc(CNC(CC(=O)O)c2ccsc2)s1. The Morgan fingerprint density at radius 2 is 2.44 bits per heavy atom. The molecule has 0 fully saturated rings. The first kappa shape index (κ1) is 13.2. The van der Waals surface area contributed by atoms with E-state index in [4.69, 9.17) is 5.11 Å². The summed E-state index contributed by atoms with van der Waals surface area (Å²) in [5.74, 6) is -0.797. The monoisotopic (exact) mass is 282 g/mol. The summed E-state index contributed by atoms with van der Waals surface area (Å²) < 4.78 is 0. The van der Waals surface area contributed by atoms with Gasteiger partial charge in [0.15, 0.2) is 0 Å². The van der Waals surface area contributed by atoms with Crippen molar-refractivity contribution >= 4 is 28.6 Å². The Morgan fingerprint density at radius 3 is 3.00 bits per heavy atom. The molecule has 1 unspecified atom stereocenters. The number of carboxylic acid groups (broad SMARTS) is 1. The van der Waals surface area contributed by atoms with Gasteiger partial charge in [0.25, 0.3) is 0 Å². The number of nitrogens with zero attached hydrogens (tertiary/aromatic N) is 1. The zero-order valence-corrected chi connectivity index (χ0v) is 11.6. The molecule has 2 rings (SSSR count). The lowest BCUT2D eigenvalue weighted by molar-refractivity contribution is -0.137. The Morgan fingerprint density at radius 1 is 1.61 bits per heavy atom. The number of carbonyl (C=O) groups is 1. The topological polar surface area (TPSA) is 62.2 Å². The van der Waals surface area contributed by atoms with Crippen LogP contribution in [0.1, 0.15) is 27.9 Å². The van der Waals surface area contributed by atoms with Gasteiger partial charge in [0, 0.05) is 23.7 Å². The second kappa shape index (κ2) is 6.08. The van der Waals surface area contributed by atoms with Crippen molar-refractivity contribution in [1.82, 2.24) is 10.3 Å². The van der Waals surface area contributed by atoms with Gasteiger partial charge in [0.2, 0.25) is 0 Å². The fraction of sp³-hybridized carbons (Fsp3) is 0.333. The molecular formula is C12H14N2O2S2. The number of hydrogen-bond acceptors (Lipinski definition) is 5. The predicted octanol–water partition coefficient (Wildman–Crippen LogP) is 2.82. The Balaban J connectivity index is 1.99. The minimum atomic E-state index is -0.797. The summed E-state index contributed by atoms with van der Waals surface area (Å²) in [7, 11) is 0. The number of rotatable bonds is 6. The van der Waals surface area contributed by atoms with Crippen LogP contribution in [0.2, 0.25) is 0 Å². The van der Waals surface area contributed by atoms with Gasteiger partial charge >= 0.3 is 5.97 Å². The van der Waals surface area contributed by atoms with Crippen LogP contribution < -0.4 is 5.32 Å². The summed E-state index contributed by atoms with van der Waals surface area (Å²) >= 11 is 3.20. The first-order valence-corrected chi connectivity index (χ1v) is 7.29. The number of aliphatic carboxylic acids is 1. The molecule has 0 aliphatic heterocycles. The van der Waals surface area contributed by atoms with Crippen molar-refractivity contribution in [3.05, 3.63) is 38.5 Å². The van der Waals surface area contributed by atoms with Crippen LogP contribution in [0, 0.1) is 6.92 Å². The molecule has 0 saturated heterocycles. The third kappa shape index (κ3) is 3.63. The van der Waals surface area contributed by atoms with Crippen molar-refractivity contribution < 1.29 is 9.90 Å². The number of thiazole rings is 1. The molecule has 0 saturated carbocycles. The summed E-state index contributed by atoms with van der Waals surface area (Å²) in [6.45, 7) is 2.61. The number of aromatic nitrogens is 1. The largest absolute Gasteiger partial charge is 0.481 e. The lowest BCUT2D eigenvalue weighted by Gasteiger charge is -2.14. The number of nitrogens with one attached hydrogen (secondary N) is 1. The summed E-state index contributed by atoms with van der Waals surface area (Å²) in [6, 6.07) is 1.80. The van der Waals surface area contributed by atoms with E-state index in [-0.39, 0.29) is 12.5 Å². The Kier molecular flexibility index (Phi) is 4.46. The third-order valence-electron chi connectivity index (χ3n) is 2.49. The number of aryl methyl sites for hydroxylation is 1. The molecule has 0 aromatic carbocycles. The molecule has 96 valence electrons. The van der Waals surface area contributed by atoms with Gasteiger partial charge in [-0.15, -0.1) is 11.3 Å². The Labute approximate surface area is 113 Å². The average Bonchev–Trinajstić information content (AvgIpc) is 2.94. The van der Waals surface area contributed by atoms with Crippen LogP contribution in [0.25, 0.3) is 0 Å². The Bertz CT molecular complexity index is 508. The van der Waals surface area contributed by atoms with E-state index in [1.165, 1.54) is 0 Å².